The van der Waals surface area contributed by atoms with Crippen molar-refractivity contribution in [1.82, 2.24) is 0 Å². The highest BCUT2D eigenvalue weighted by molar-refractivity contribution is 5.77. The molecular weight excluding hydrogens is 372 g/mol. The molecule has 0 aliphatic rings. The lowest BCUT2D eigenvalue weighted by Gasteiger charge is -2.07. The van der Waals surface area contributed by atoms with Crippen LogP contribution in [0.3, 0.4) is 0 Å². The van der Waals surface area contributed by atoms with Gasteiger partial charge in [-0.05, 0) is 30.7 Å². The smallest absolute Gasteiger partial charge is 0.336 e. The Balaban J connectivity index is 1.36. The molecule has 0 atom stereocenters. The molecule has 2 aromatic rings. The fourth-order valence-corrected chi connectivity index (χ4v) is 3.98. The predicted molar refractivity (Wildman–Crippen MR) is 128 cm³/mol. The number of fused-ring (bicyclic) bond motifs is 1. The fourth-order valence-electron chi connectivity index (χ4n) is 3.98. The zero-order valence-electron chi connectivity index (χ0n) is 19.1. The van der Waals surface area contributed by atoms with Gasteiger partial charge in [0.15, 0.2) is 0 Å². The maximum absolute atomic E-state index is 11.2. The van der Waals surface area contributed by atoms with Crippen LogP contribution in [-0.4, -0.2) is 6.61 Å². The van der Waals surface area contributed by atoms with E-state index in [1.807, 2.05) is 12.1 Å². The summed E-state index contributed by atoms with van der Waals surface area (Å²) in [5, 5.41) is 0.902. The minimum absolute atomic E-state index is 0.315. The summed E-state index contributed by atoms with van der Waals surface area (Å²) in [6, 6.07) is 8.84. The fraction of sp³-hybridized carbons (Fsp3) is 0.667. The van der Waals surface area contributed by atoms with Crippen molar-refractivity contribution in [2.75, 3.05) is 6.61 Å². The van der Waals surface area contributed by atoms with Crippen LogP contribution in [0.2, 0.25) is 0 Å². The van der Waals surface area contributed by atoms with Crippen LogP contribution in [0.4, 0.5) is 0 Å². The van der Waals surface area contributed by atoms with Gasteiger partial charge >= 0.3 is 5.63 Å². The number of unbranched alkanes of at least 4 members (excludes halogenated alkanes) is 15. The predicted octanol–water partition coefficient (Wildman–Crippen LogP) is 8.43. The van der Waals surface area contributed by atoms with Crippen LogP contribution in [0.25, 0.3) is 11.0 Å². The van der Waals surface area contributed by atoms with Crippen molar-refractivity contribution in [3.05, 3.63) is 40.8 Å². The second-order valence-corrected chi connectivity index (χ2v) is 8.61. The molecule has 1 aromatic heterocycles. The van der Waals surface area contributed by atoms with E-state index in [1.165, 1.54) is 102 Å². The van der Waals surface area contributed by atoms with Gasteiger partial charge in [-0.25, -0.2) is 4.79 Å². The monoisotopic (exact) mass is 414 g/mol. The van der Waals surface area contributed by atoms with Crippen LogP contribution in [0.15, 0.2) is 39.5 Å². The summed E-state index contributed by atoms with van der Waals surface area (Å²) in [5.74, 6) is 0.845. The molecule has 1 heterocycles. The molecule has 0 amide bonds. The first kappa shape index (κ1) is 24.5. The number of ether oxygens (including phenoxy) is 1. The first-order valence-electron chi connectivity index (χ1n) is 12.5. The van der Waals surface area contributed by atoms with Crippen LogP contribution in [-0.2, 0) is 0 Å². The van der Waals surface area contributed by atoms with Gasteiger partial charge in [-0.2, -0.15) is 0 Å². The molecule has 0 bridgehead atoms. The lowest BCUT2D eigenvalue weighted by Crippen LogP contribution is -1.98. The lowest BCUT2D eigenvalue weighted by atomic mass is 10.0. The molecule has 2 rings (SSSR count). The summed E-state index contributed by atoms with van der Waals surface area (Å²) in [6.45, 7) is 3.03. The molecule has 0 aliphatic carbocycles. The Kier molecular flexibility index (Phi) is 13.1. The summed E-state index contributed by atoms with van der Waals surface area (Å²) in [7, 11) is 0. The normalized spacial score (nSPS) is 11.2. The Morgan fingerprint density at radius 2 is 1.20 bits per heavy atom. The molecule has 0 saturated carbocycles. The highest BCUT2D eigenvalue weighted by Crippen LogP contribution is 2.20. The van der Waals surface area contributed by atoms with Gasteiger partial charge in [-0.3, -0.25) is 0 Å². The van der Waals surface area contributed by atoms with Crippen molar-refractivity contribution < 1.29 is 9.15 Å². The second-order valence-electron chi connectivity index (χ2n) is 8.61. The van der Waals surface area contributed by atoms with Crippen LogP contribution >= 0.6 is 0 Å². The number of hydrogen-bond donors (Lipinski definition) is 0. The van der Waals surface area contributed by atoms with Gasteiger partial charge < -0.3 is 9.15 Å². The van der Waals surface area contributed by atoms with E-state index in [0.717, 1.165) is 24.2 Å². The Morgan fingerprint density at radius 1 is 0.667 bits per heavy atom. The zero-order chi connectivity index (χ0) is 21.3. The third kappa shape index (κ3) is 10.8. The number of hydrogen-bond acceptors (Lipinski definition) is 3. The minimum Gasteiger partial charge on any atom is -0.494 e. The van der Waals surface area contributed by atoms with E-state index in [2.05, 4.69) is 6.92 Å². The standard InChI is InChI=1S/C27H42O3/c1-2-3-4-5-6-7-8-9-10-11-12-13-14-15-16-17-22-29-25-19-20-26-24(23-25)18-21-27(28)30-26/h18-21,23H,2-17,22H2,1H3. The van der Waals surface area contributed by atoms with Gasteiger partial charge in [0.25, 0.3) is 0 Å². The van der Waals surface area contributed by atoms with E-state index in [-0.39, 0.29) is 5.63 Å². The summed E-state index contributed by atoms with van der Waals surface area (Å²) in [6.07, 6.45) is 22.0. The van der Waals surface area contributed by atoms with Gasteiger partial charge in [0, 0.05) is 11.5 Å². The van der Waals surface area contributed by atoms with Crippen LogP contribution in [0.1, 0.15) is 110 Å². The Morgan fingerprint density at radius 3 is 1.77 bits per heavy atom. The first-order chi connectivity index (χ1) is 14.8. The van der Waals surface area contributed by atoms with E-state index in [0.29, 0.717) is 5.58 Å². The minimum atomic E-state index is -0.315. The van der Waals surface area contributed by atoms with Gasteiger partial charge in [0.2, 0.25) is 0 Å². The molecule has 3 nitrogen and oxygen atoms in total. The van der Waals surface area contributed by atoms with E-state index in [4.69, 9.17) is 9.15 Å². The molecule has 0 unspecified atom stereocenters. The van der Waals surface area contributed by atoms with E-state index in [1.54, 1.807) is 12.1 Å². The molecular formula is C27H42O3. The van der Waals surface area contributed by atoms with Crippen molar-refractivity contribution in [3.8, 4) is 5.75 Å². The zero-order valence-corrected chi connectivity index (χ0v) is 19.1. The molecule has 0 fully saturated rings. The van der Waals surface area contributed by atoms with Crippen molar-refractivity contribution in [2.24, 2.45) is 0 Å². The molecule has 0 N–H and O–H groups in total. The van der Waals surface area contributed by atoms with E-state index < -0.39 is 0 Å². The van der Waals surface area contributed by atoms with Crippen molar-refractivity contribution in [2.45, 2.75) is 110 Å². The van der Waals surface area contributed by atoms with Gasteiger partial charge in [-0.1, -0.05) is 103 Å². The Labute approximate surface area is 183 Å². The molecule has 0 saturated heterocycles. The SMILES string of the molecule is CCCCCCCCCCCCCCCCCCOc1ccc2oc(=O)ccc2c1. The average molecular weight is 415 g/mol. The maximum atomic E-state index is 11.2. The third-order valence-electron chi connectivity index (χ3n) is 5.86. The van der Waals surface area contributed by atoms with Crippen LogP contribution < -0.4 is 10.4 Å². The maximum Gasteiger partial charge on any atom is 0.336 e. The Hall–Kier alpha value is -1.77. The molecule has 3 heteroatoms. The van der Waals surface area contributed by atoms with Crippen molar-refractivity contribution in [3.63, 3.8) is 0 Å². The highest BCUT2D eigenvalue weighted by atomic mass is 16.5. The van der Waals surface area contributed by atoms with Crippen LogP contribution in [0.5, 0.6) is 5.75 Å². The lowest BCUT2D eigenvalue weighted by molar-refractivity contribution is 0.304. The average Bonchev–Trinajstić information content (AvgIpc) is 2.76. The molecule has 0 spiro atoms. The number of rotatable bonds is 18. The first-order valence-corrected chi connectivity index (χ1v) is 12.5. The second kappa shape index (κ2) is 16.0. The summed E-state index contributed by atoms with van der Waals surface area (Å²) < 4.78 is 11.0. The Bertz CT molecular complexity index is 734. The van der Waals surface area contributed by atoms with Gasteiger partial charge in [0.1, 0.15) is 11.3 Å². The van der Waals surface area contributed by atoms with Gasteiger partial charge in [0.05, 0.1) is 6.61 Å². The summed E-state index contributed by atoms with van der Waals surface area (Å²) in [5.41, 5.74) is 0.293. The topological polar surface area (TPSA) is 39.4 Å². The van der Waals surface area contributed by atoms with Crippen LogP contribution in [0, 0.1) is 0 Å². The largest absolute Gasteiger partial charge is 0.494 e. The molecule has 1 aromatic carbocycles. The molecule has 0 aliphatic heterocycles. The third-order valence-corrected chi connectivity index (χ3v) is 5.86. The summed E-state index contributed by atoms with van der Waals surface area (Å²) in [4.78, 5) is 11.2. The molecule has 0 radical (unpaired) electrons. The van der Waals surface area contributed by atoms with Gasteiger partial charge in [-0.15, -0.1) is 0 Å². The van der Waals surface area contributed by atoms with Crippen molar-refractivity contribution in [1.29, 1.82) is 0 Å². The van der Waals surface area contributed by atoms with Crippen molar-refractivity contribution >= 4 is 11.0 Å². The summed E-state index contributed by atoms with van der Waals surface area (Å²) >= 11 is 0. The highest BCUT2D eigenvalue weighted by Gasteiger charge is 2.00. The quantitative estimate of drug-likeness (QED) is 0.181. The van der Waals surface area contributed by atoms with E-state index in [9.17, 15) is 4.79 Å². The molecule has 168 valence electrons. The van der Waals surface area contributed by atoms with E-state index >= 15 is 0 Å². The molecule has 30 heavy (non-hydrogen) atoms. The number of benzene rings is 1.